The molecule has 0 heterocycles. The van der Waals surface area contributed by atoms with Gasteiger partial charge in [-0.2, -0.15) is 11.8 Å². The van der Waals surface area contributed by atoms with Crippen LogP contribution < -0.4 is 5.73 Å². The summed E-state index contributed by atoms with van der Waals surface area (Å²) in [7, 11) is -2.72. The monoisotopic (exact) mass is 251 g/mol. The molecule has 5 heteroatoms. The summed E-state index contributed by atoms with van der Waals surface area (Å²) in [5.41, 5.74) is 5.45. The molecule has 2 N–H and O–H groups in total. The molecule has 0 amide bonds. The fourth-order valence-corrected chi connectivity index (χ4v) is 11.3. The Morgan fingerprint density at radius 1 is 1.07 bits per heavy atom. The summed E-state index contributed by atoms with van der Waals surface area (Å²) in [5, 5.41) is 0. The minimum atomic E-state index is -1.39. The summed E-state index contributed by atoms with van der Waals surface area (Å²) in [6.07, 6.45) is 0. The van der Waals surface area contributed by atoms with Crippen LogP contribution in [0.4, 0.5) is 0 Å². The van der Waals surface area contributed by atoms with E-state index in [1.54, 1.807) is 0 Å². The van der Waals surface area contributed by atoms with Crippen LogP contribution in [0.25, 0.3) is 0 Å². The highest BCUT2D eigenvalue weighted by molar-refractivity contribution is 7.99. The van der Waals surface area contributed by atoms with E-state index in [4.69, 9.17) is 9.85 Å². The Labute approximate surface area is 95.2 Å². The van der Waals surface area contributed by atoms with Gasteiger partial charge in [-0.15, -0.1) is 0 Å². The highest BCUT2D eigenvalue weighted by Gasteiger charge is 2.28. The van der Waals surface area contributed by atoms with Crippen LogP contribution in [0.2, 0.25) is 38.8 Å². The van der Waals surface area contributed by atoms with E-state index in [9.17, 15) is 0 Å². The number of rotatable bonds is 7. The Hall–Kier alpha value is 0.704. The predicted molar refractivity (Wildman–Crippen MR) is 73.1 cm³/mol. The van der Waals surface area contributed by atoms with E-state index in [2.05, 4.69) is 32.7 Å². The summed E-state index contributed by atoms with van der Waals surface area (Å²) in [6.45, 7) is 12.3. The summed E-state index contributed by atoms with van der Waals surface area (Å²) in [4.78, 5) is 0. The van der Waals surface area contributed by atoms with Crippen molar-refractivity contribution in [3.05, 3.63) is 0 Å². The summed E-state index contributed by atoms with van der Waals surface area (Å²) in [5.74, 6) is 2.29. The second-order valence-corrected chi connectivity index (χ2v) is 15.4. The molecule has 0 atom stereocenters. The molecule has 0 aromatic carbocycles. The van der Waals surface area contributed by atoms with Gasteiger partial charge in [0.25, 0.3) is 0 Å². The van der Waals surface area contributed by atoms with Crippen LogP contribution in [0.3, 0.4) is 0 Å². The number of hydrogen-bond acceptors (Lipinski definition) is 3. The fourth-order valence-electron chi connectivity index (χ4n) is 1.38. The van der Waals surface area contributed by atoms with Gasteiger partial charge < -0.3 is 9.85 Å². The number of hydrogen-bond donors (Lipinski definition) is 1. The molecule has 0 aliphatic carbocycles. The SMILES string of the molecule is C[Si](C)(C)O[Si](C)(C)CCSCCN. The molecule has 2 nitrogen and oxygen atoms in total. The average molecular weight is 252 g/mol. The van der Waals surface area contributed by atoms with E-state index >= 15 is 0 Å². The fraction of sp³-hybridized carbons (Fsp3) is 1.00. The maximum absolute atomic E-state index is 6.24. The summed E-state index contributed by atoms with van der Waals surface area (Å²) in [6, 6.07) is 1.25. The van der Waals surface area contributed by atoms with Gasteiger partial charge in [0.05, 0.1) is 0 Å². The van der Waals surface area contributed by atoms with E-state index in [1.165, 1.54) is 11.8 Å². The third-order valence-electron chi connectivity index (χ3n) is 1.69. The number of nitrogens with two attached hydrogens (primary N) is 1. The second-order valence-electron chi connectivity index (χ2n) is 5.13. The van der Waals surface area contributed by atoms with E-state index in [0.717, 1.165) is 12.3 Å². The molecule has 0 saturated carbocycles. The van der Waals surface area contributed by atoms with Gasteiger partial charge in [-0.3, -0.25) is 0 Å². The van der Waals surface area contributed by atoms with Crippen LogP contribution in [0.1, 0.15) is 0 Å². The molecule has 0 bridgehead atoms. The Bertz CT molecular complexity index is 159. The maximum Gasteiger partial charge on any atom is 0.174 e. The molecule has 0 aliphatic heterocycles. The second kappa shape index (κ2) is 6.32. The van der Waals surface area contributed by atoms with Crippen LogP contribution >= 0.6 is 11.8 Å². The Balaban J connectivity index is 3.72. The Morgan fingerprint density at radius 2 is 1.64 bits per heavy atom. The molecule has 86 valence electrons. The molecule has 0 radical (unpaired) electrons. The molecule has 14 heavy (non-hydrogen) atoms. The van der Waals surface area contributed by atoms with Crippen LogP contribution in [-0.2, 0) is 4.12 Å². The molecule has 0 saturated heterocycles. The smallest absolute Gasteiger partial charge is 0.174 e. The molecule has 0 aromatic heterocycles. The molecule has 0 aromatic rings. The normalized spacial score (nSPS) is 13.3. The first-order chi connectivity index (χ1) is 6.27. The van der Waals surface area contributed by atoms with Gasteiger partial charge in [-0.05, 0) is 44.5 Å². The van der Waals surface area contributed by atoms with E-state index < -0.39 is 16.6 Å². The van der Waals surface area contributed by atoms with Crippen LogP contribution in [-0.4, -0.2) is 34.7 Å². The van der Waals surface area contributed by atoms with Crippen molar-refractivity contribution < 1.29 is 4.12 Å². The molecular weight excluding hydrogens is 226 g/mol. The van der Waals surface area contributed by atoms with Gasteiger partial charge in [0.15, 0.2) is 16.6 Å². The van der Waals surface area contributed by atoms with E-state index in [-0.39, 0.29) is 0 Å². The largest absolute Gasteiger partial charge is 0.456 e. The van der Waals surface area contributed by atoms with E-state index in [0.29, 0.717) is 0 Å². The Morgan fingerprint density at radius 3 is 2.07 bits per heavy atom. The molecule has 0 unspecified atom stereocenters. The van der Waals surface area contributed by atoms with E-state index in [1.807, 2.05) is 11.8 Å². The van der Waals surface area contributed by atoms with Crippen LogP contribution in [0.5, 0.6) is 0 Å². The predicted octanol–water partition coefficient (Wildman–Crippen LogP) is 2.73. The van der Waals surface area contributed by atoms with Crippen molar-refractivity contribution in [1.82, 2.24) is 0 Å². The topological polar surface area (TPSA) is 35.2 Å². The molecular formula is C9H25NOSSi2. The van der Waals surface area contributed by atoms with Gasteiger partial charge in [-0.25, -0.2) is 0 Å². The standard InChI is InChI=1S/C9H25NOSSi2/c1-13(2,3)11-14(4,5)9-8-12-7-6-10/h6-10H2,1-5H3. The van der Waals surface area contributed by atoms with Gasteiger partial charge in [0.1, 0.15) is 0 Å². The van der Waals surface area contributed by atoms with Crippen molar-refractivity contribution in [3.8, 4) is 0 Å². The van der Waals surface area contributed by atoms with Crippen LogP contribution in [0.15, 0.2) is 0 Å². The molecule has 0 fully saturated rings. The lowest BCUT2D eigenvalue weighted by Gasteiger charge is -2.31. The zero-order chi connectivity index (χ0) is 11.2. The summed E-state index contributed by atoms with van der Waals surface area (Å²) >= 11 is 1.95. The van der Waals surface area contributed by atoms with Gasteiger partial charge >= 0.3 is 0 Å². The number of thioether (sulfide) groups is 1. The zero-order valence-corrected chi connectivity index (χ0v) is 13.0. The minimum absolute atomic E-state index is 0.793. The average Bonchev–Trinajstić information content (AvgIpc) is 1.93. The first-order valence-electron chi connectivity index (χ1n) is 5.25. The van der Waals surface area contributed by atoms with Crippen molar-refractivity contribution in [2.45, 2.75) is 38.8 Å². The van der Waals surface area contributed by atoms with Gasteiger partial charge in [-0.1, -0.05) is 0 Å². The third kappa shape index (κ3) is 9.27. The van der Waals surface area contributed by atoms with Crippen molar-refractivity contribution in [3.63, 3.8) is 0 Å². The quantitative estimate of drug-likeness (QED) is 0.558. The molecule has 0 aliphatic rings. The third-order valence-corrected chi connectivity index (χ3v) is 9.19. The first-order valence-corrected chi connectivity index (χ1v) is 12.9. The molecule has 0 spiro atoms. The highest BCUT2D eigenvalue weighted by atomic mass is 32.2. The lowest BCUT2D eigenvalue weighted by molar-refractivity contribution is 0.551. The lowest BCUT2D eigenvalue weighted by atomic mass is 10.8. The maximum atomic E-state index is 6.24. The molecule has 0 rings (SSSR count). The summed E-state index contributed by atoms with van der Waals surface area (Å²) < 4.78 is 6.24. The van der Waals surface area contributed by atoms with Crippen molar-refractivity contribution >= 4 is 28.4 Å². The first kappa shape index (κ1) is 14.7. The van der Waals surface area contributed by atoms with Crippen molar-refractivity contribution in [2.75, 3.05) is 18.1 Å². The minimum Gasteiger partial charge on any atom is -0.456 e. The van der Waals surface area contributed by atoms with Crippen LogP contribution in [0, 0.1) is 0 Å². The zero-order valence-electron chi connectivity index (χ0n) is 10.2. The highest BCUT2D eigenvalue weighted by Crippen LogP contribution is 2.20. The lowest BCUT2D eigenvalue weighted by Crippen LogP contribution is -2.42. The van der Waals surface area contributed by atoms with Crippen molar-refractivity contribution in [1.29, 1.82) is 0 Å². The Kier molecular flexibility index (Phi) is 6.64. The van der Waals surface area contributed by atoms with Gasteiger partial charge in [0, 0.05) is 12.3 Å². The van der Waals surface area contributed by atoms with Gasteiger partial charge in [0.2, 0.25) is 0 Å². The van der Waals surface area contributed by atoms with Crippen molar-refractivity contribution in [2.24, 2.45) is 5.73 Å².